The van der Waals surface area contributed by atoms with Crippen LogP contribution in [0.5, 0.6) is 0 Å². The summed E-state index contributed by atoms with van der Waals surface area (Å²) in [5, 5.41) is 87.9. The third kappa shape index (κ3) is 50.7. The average molecular weight is 1390 g/mol. The van der Waals surface area contributed by atoms with Crippen LogP contribution in [0.4, 0.5) is 0 Å². The number of aliphatic hydroxyl groups is 8. The second kappa shape index (κ2) is 67.8. The molecule has 0 saturated carbocycles. The second-order valence-electron chi connectivity index (χ2n) is 28.2. The number of hydrogen-bond donors (Lipinski definition) is 9. The van der Waals surface area contributed by atoms with E-state index in [-0.39, 0.29) is 18.9 Å². The Hall–Kier alpha value is -3.35. The first-order valence-corrected chi connectivity index (χ1v) is 40.6. The molecular formula is C85H149NO13. The van der Waals surface area contributed by atoms with Gasteiger partial charge in [0.15, 0.2) is 12.6 Å². The number of allylic oxidation sites excluding steroid dienone is 18. The molecule has 2 fully saturated rings. The van der Waals surface area contributed by atoms with Crippen LogP contribution < -0.4 is 5.32 Å². The molecule has 0 aliphatic carbocycles. The van der Waals surface area contributed by atoms with Crippen molar-refractivity contribution in [2.24, 2.45) is 0 Å². The van der Waals surface area contributed by atoms with Gasteiger partial charge in [-0.1, -0.05) is 348 Å². The number of amides is 1. The summed E-state index contributed by atoms with van der Waals surface area (Å²) >= 11 is 0. The van der Waals surface area contributed by atoms with Crippen molar-refractivity contribution in [2.75, 3.05) is 19.8 Å². The Morgan fingerprint density at radius 1 is 0.374 bits per heavy atom. The monoisotopic (exact) mass is 1390 g/mol. The fourth-order valence-corrected chi connectivity index (χ4v) is 12.9. The molecule has 12 atom stereocenters. The third-order valence-electron chi connectivity index (χ3n) is 19.3. The lowest BCUT2D eigenvalue weighted by molar-refractivity contribution is -0.359. The van der Waals surface area contributed by atoms with Crippen molar-refractivity contribution in [1.29, 1.82) is 0 Å². The van der Waals surface area contributed by atoms with Gasteiger partial charge in [-0.3, -0.25) is 4.79 Å². The van der Waals surface area contributed by atoms with Gasteiger partial charge < -0.3 is 65.1 Å². The summed E-state index contributed by atoms with van der Waals surface area (Å²) in [6, 6.07) is -0.845. The first kappa shape index (κ1) is 91.7. The van der Waals surface area contributed by atoms with Crippen molar-refractivity contribution < 1.29 is 64.6 Å². The molecule has 2 aliphatic heterocycles. The number of hydrogen-bond acceptors (Lipinski definition) is 13. The summed E-state index contributed by atoms with van der Waals surface area (Å²) in [5.41, 5.74) is 0. The number of carbonyl (C=O) groups is 1. The molecule has 12 unspecified atom stereocenters. The fourth-order valence-electron chi connectivity index (χ4n) is 12.9. The number of aliphatic hydroxyl groups excluding tert-OH is 8. The van der Waals surface area contributed by atoms with E-state index >= 15 is 0 Å². The first-order chi connectivity index (χ1) is 48.6. The predicted molar refractivity (Wildman–Crippen MR) is 410 cm³/mol. The van der Waals surface area contributed by atoms with E-state index in [2.05, 4.69) is 129 Å². The maximum absolute atomic E-state index is 13.4. The lowest BCUT2D eigenvalue weighted by Crippen LogP contribution is -2.65. The van der Waals surface area contributed by atoms with E-state index in [1.807, 2.05) is 0 Å². The average Bonchev–Trinajstić information content (AvgIpc) is 0.799. The Balaban J connectivity index is 1.63. The molecule has 14 heteroatoms. The number of unbranched alkanes of at least 4 members (excludes halogenated alkanes) is 36. The van der Waals surface area contributed by atoms with Gasteiger partial charge in [-0.05, 0) is 83.5 Å². The van der Waals surface area contributed by atoms with E-state index in [9.17, 15) is 45.6 Å². The van der Waals surface area contributed by atoms with Crippen molar-refractivity contribution in [3.8, 4) is 0 Å². The van der Waals surface area contributed by atoms with Crippen molar-refractivity contribution in [3.63, 3.8) is 0 Å². The Bertz CT molecular complexity index is 2080. The molecule has 0 spiro atoms. The minimum atomic E-state index is -1.79. The molecule has 2 rings (SSSR count). The highest BCUT2D eigenvalue weighted by Crippen LogP contribution is 2.30. The SMILES string of the molecule is CC/C=C\C/C=C\C/C=C\C/C=C\C/C=C\C/C=C\C/C=C\C/C=C\C/C=C\CCCCCCCCCC(=O)NC(COC1OC(CO)C(OC2OC(CO)C(O)C(O)C2O)C(O)C1O)C(O)CCCCCCCCCCCCCCCCCCCCCCCCCCCCCCCC. The van der Waals surface area contributed by atoms with E-state index < -0.39 is 86.8 Å². The van der Waals surface area contributed by atoms with Gasteiger partial charge in [0.2, 0.25) is 5.91 Å². The second-order valence-corrected chi connectivity index (χ2v) is 28.2. The summed E-state index contributed by atoms with van der Waals surface area (Å²) in [5.74, 6) is -0.218. The van der Waals surface area contributed by atoms with Crippen molar-refractivity contribution in [2.45, 2.75) is 402 Å². The number of rotatable bonds is 67. The van der Waals surface area contributed by atoms with Crippen molar-refractivity contribution in [1.82, 2.24) is 5.32 Å². The molecule has 0 aromatic rings. The van der Waals surface area contributed by atoms with E-state index in [1.54, 1.807) is 0 Å². The maximum Gasteiger partial charge on any atom is 0.220 e. The topological polar surface area (TPSA) is 228 Å². The molecule has 2 heterocycles. The molecule has 0 aromatic heterocycles. The largest absolute Gasteiger partial charge is 0.394 e. The van der Waals surface area contributed by atoms with Gasteiger partial charge in [-0.15, -0.1) is 0 Å². The zero-order valence-corrected chi connectivity index (χ0v) is 62.7. The van der Waals surface area contributed by atoms with Crippen LogP contribution in [-0.4, -0.2) is 140 Å². The number of nitrogens with one attached hydrogen (secondary N) is 1. The van der Waals surface area contributed by atoms with Crippen LogP contribution in [0.25, 0.3) is 0 Å². The number of ether oxygens (including phenoxy) is 4. The van der Waals surface area contributed by atoms with E-state index in [4.69, 9.17) is 18.9 Å². The van der Waals surface area contributed by atoms with Crippen LogP contribution in [0.2, 0.25) is 0 Å². The van der Waals surface area contributed by atoms with Crippen molar-refractivity contribution in [3.05, 3.63) is 109 Å². The molecule has 0 radical (unpaired) electrons. The molecule has 2 aliphatic rings. The molecule has 2 saturated heterocycles. The summed E-state index contributed by atoms with van der Waals surface area (Å²) in [7, 11) is 0. The lowest BCUT2D eigenvalue weighted by atomic mass is 9.97. The van der Waals surface area contributed by atoms with Gasteiger partial charge in [0.05, 0.1) is 32.0 Å². The highest BCUT2D eigenvalue weighted by molar-refractivity contribution is 5.76. The Morgan fingerprint density at radius 2 is 0.697 bits per heavy atom. The molecule has 0 bridgehead atoms. The lowest BCUT2D eigenvalue weighted by Gasteiger charge is -2.46. The van der Waals surface area contributed by atoms with Crippen LogP contribution in [0.1, 0.15) is 328 Å². The smallest absolute Gasteiger partial charge is 0.220 e. The number of carbonyl (C=O) groups excluding carboxylic acids is 1. The quantitative estimate of drug-likeness (QED) is 0.0204. The molecule has 1 amide bonds. The molecule has 14 nitrogen and oxygen atoms in total. The van der Waals surface area contributed by atoms with Gasteiger partial charge in [-0.2, -0.15) is 0 Å². The zero-order chi connectivity index (χ0) is 71.5. The minimum absolute atomic E-state index is 0.218. The summed E-state index contributed by atoms with van der Waals surface area (Å²) < 4.78 is 23.0. The highest BCUT2D eigenvalue weighted by atomic mass is 16.7. The van der Waals surface area contributed by atoms with Crippen LogP contribution in [0.3, 0.4) is 0 Å². The van der Waals surface area contributed by atoms with Crippen LogP contribution in [0, 0.1) is 0 Å². The van der Waals surface area contributed by atoms with Gasteiger partial charge in [0.1, 0.15) is 48.8 Å². The summed E-state index contributed by atoms with van der Waals surface area (Å²) in [4.78, 5) is 13.4. The first-order valence-electron chi connectivity index (χ1n) is 40.6. The van der Waals surface area contributed by atoms with Gasteiger partial charge in [0.25, 0.3) is 0 Å². The molecule has 572 valence electrons. The third-order valence-corrected chi connectivity index (χ3v) is 19.3. The maximum atomic E-state index is 13.4. The zero-order valence-electron chi connectivity index (χ0n) is 62.7. The normalized spacial score (nSPS) is 22.5. The molecular weight excluding hydrogens is 1240 g/mol. The van der Waals surface area contributed by atoms with E-state index in [0.29, 0.717) is 12.8 Å². The van der Waals surface area contributed by atoms with Crippen LogP contribution in [0.15, 0.2) is 109 Å². The van der Waals surface area contributed by atoms with Gasteiger partial charge in [0, 0.05) is 6.42 Å². The van der Waals surface area contributed by atoms with Gasteiger partial charge >= 0.3 is 0 Å². The Labute approximate surface area is 604 Å². The van der Waals surface area contributed by atoms with Gasteiger partial charge in [-0.25, -0.2) is 0 Å². The van der Waals surface area contributed by atoms with E-state index in [1.165, 1.54) is 173 Å². The van der Waals surface area contributed by atoms with E-state index in [0.717, 1.165) is 122 Å². The Morgan fingerprint density at radius 3 is 1.07 bits per heavy atom. The van der Waals surface area contributed by atoms with Crippen molar-refractivity contribution >= 4 is 5.91 Å². The van der Waals surface area contributed by atoms with Crippen LogP contribution in [-0.2, 0) is 23.7 Å². The minimum Gasteiger partial charge on any atom is -0.394 e. The summed E-state index contributed by atoms with van der Waals surface area (Å²) in [6.45, 7) is 2.78. The van der Waals surface area contributed by atoms with Crippen LogP contribution >= 0.6 is 0 Å². The Kier molecular flexibility index (Phi) is 62.8. The molecule has 9 N–H and O–H groups in total. The standard InChI is InChI=1S/C85H149NO13/c1-3-5-7-9-11-13-15-17-19-21-23-25-27-29-31-33-35-36-37-38-39-41-43-45-47-49-51-53-55-57-59-61-63-65-67-69-77(90)86-73(72-96-84-82(95)80(93)83(76(71-88)98-84)99-85-81(94)79(92)78(91)75(70-87)97-85)74(89)68-66-64-62-60-58-56-54-52-50-48-46-44-42-40-34-32-30-28-26-24-22-20-18-16-14-12-10-8-6-4-2/h5,7,11,13,17,19,23,25,29,31,35-36,38-39,43,45,49,51,73-76,78-85,87-89,91-95H,3-4,6,8-10,12,14-16,18,20-22,24,26-28,30,32-34,37,40-42,44,46-48,50,52-72H2,1-2H3,(H,86,90)/b7-5-,13-11-,19-17-,25-23-,31-29-,36-35-,39-38-,45-43-,51-49-. The molecule has 99 heavy (non-hydrogen) atoms. The highest BCUT2D eigenvalue weighted by Gasteiger charge is 2.51. The predicted octanol–water partition coefficient (Wildman–Crippen LogP) is 18.6. The summed E-state index contributed by atoms with van der Waals surface area (Å²) in [6.07, 6.45) is 81.2. The molecule has 0 aromatic carbocycles. The fraction of sp³-hybridized carbons (Fsp3) is 0.776.